The molecule has 0 radical (unpaired) electrons. The summed E-state index contributed by atoms with van der Waals surface area (Å²) in [4.78, 5) is 17.0. The summed E-state index contributed by atoms with van der Waals surface area (Å²) in [5.41, 5.74) is 6.04. The van der Waals surface area contributed by atoms with Gasteiger partial charge in [0.05, 0.1) is 0 Å². The van der Waals surface area contributed by atoms with Crippen LogP contribution in [0.15, 0.2) is 0 Å². The summed E-state index contributed by atoms with van der Waals surface area (Å²) < 4.78 is 0. The lowest BCUT2D eigenvalue weighted by Gasteiger charge is -2.38. The molecule has 1 saturated heterocycles. The van der Waals surface area contributed by atoms with Gasteiger partial charge in [-0.2, -0.15) is 0 Å². The molecule has 2 rings (SSSR count). The highest BCUT2D eigenvalue weighted by molar-refractivity contribution is 5.86. The van der Waals surface area contributed by atoms with Crippen LogP contribution >= 0.6 is 37.2 Å². The number of likely N-dealkylation sites (N-methyl/N-ethyl adjacent to an activating group) is 2. The molecule has 1 saturated carbocycles. The number of hydrogen-bond donors (Lipinski definition) is 2. The van der Waals surface area contributed by atoms with E-state index in [1.54, 1.807) is 0 Å². The zero-order chi connectivity index (χ0) is 15.3. The third-order valence-corrected chi connectivity index (χ3v) is 5.40. The minimum absolute atomic E-state index is 0. The zero-order valence-corrected chi connectivity index (χ0v) is 17.4. The van der Waals surface area contributed by atoms with E-state index in [-0.39, 0.29) is 48.5 Å². The van der Waals surface area contributed by atoms with E-state index in [0.717, 1.165) is 39.0 Å². The van der Waals surface area contributed by atoms with Gasteiger partial charge in [-0.3, -0.25) is 9.69 Å². The number of hydrogen-bond acceptors (Lipinski definition) is 4. The SMILES string of the molecule is CN1CCN(C)C(CNC(=O)CC2(CN)CCCCC2)C1.Cl.Cl.Cl. The Labute approximate surface area is 165 Å². The first-order valence-corrected chi connectivity index (χ1v) is 8.40. The number of halogens is 3. The molecule has 146 valence electrons. The van der Waals surface area contributed by atoms with Crippen molar-refractivity contribution < 1.29 is 4.79 Å². The van der Waals surface area contributed by atoms with Gasteiger partial charge < -0.3 is 16.0 Å². The number of carbonyl (C=O) groups is 1. The maximum absolute atomic E-state index is 12.3. The topological polar surface area (TPSA) is 61.6 Å². The van der Waals surface area contributed by atoms with E-state index in [1.807, 2.05) is 0 Å². The zero-order valence-electron chi connectivity index (χ0n) is 15.0. The Morgan fingerprint density at radius 1 is 1.12 bits per heavy atom. The summed E-state index contributed by atoms with van der Waals surface area (Å²) in [5, 5.41) is 3.15. The van der Waals surface area contributed by atoms with Gasteiger partial charge >= 0.3 is 0 Å². The minimum Gasteiger partial charge on any atom is -0.354 e. The van der Waals surface area contributed by atoms with Gasteiger partial charge in [0, 0.05) is 38.6 Å². The lowest BCUT2D eigenvalue weighted by Crippen LogP contribution is -2.54. The lowest BCUT2D eigenvalue weighted by molar-refractivity contribution is -0.124. The number of piperazine rings is 1. The predicted molar refractivity (Wildman–Crippen MR) is 108 cm³/mol. The maximum Gasteiger partial charge on any atom is 0.220 e. The molecule has 0 aromatic rings. The van der Waals surface area contributed by atoms with Crippen molar-refractivity contribution in [3.8, 4) is 0 Å². The molecule has 0 aromatic carbocycles. The number of nitrogens with one attached hydrogen (secondary N) is 1. The Bertz CT molecular complexity index is 354. The summed E-state index contributed by atoms with van der Waals surface area (Å²) in [6.45, 7) is 4.60. The molecule has 0 spiro atoms. The number of amides is 1. The van der Waals surface area contributed by atoms with Crippen LogP contribution in [-0.2, 0) is 4.79 Å². The highest BCUT2D eigenvalue weighted by Crippen LogP contribution is 2.38. The molecule has 1 unspecified atom stereocenters. The predicted octanol–water partition coefficient (Wildman–Crippen LogP) is 1.91. The number of nitrogens with two attached hydrogens (primary N) is 1. The fourth-order valence-corrected chi connectivity index (χ4v) is 3.71. The van der Waals surface area contributed by atoms with Gasteiger partial charge in [0.25, 0.3) is 0 Å². The van der Waals surface area contributed by atoms with Gasteiger partial charge in [-0.05, 0) is 38.9 Å². The fraction of sp³-hybridized carbons (Fsp3) is 0.938. The molecule has 24 heavy (non-hydrogen) atoms. The van der Waals surface area contributed by atoms with Crippen molar-refractivity contribution in [3.63, 3.8) is 0 Å². The first kappa shape index (κ1) is 26.4. The second kappa shape index (κ2) is 12.6. The normalized spacial score (nSPS) is 24.0. The van der Waals surface area contributed by atoms with Crippen LogP contribution < -0.4 is 11.1 Å². The molecule has 5 nitrogen and oxygen atoms in total. The van der Waals surface area contributed by atoms with E-state index >= 15 is 0 Å². The Kier molecular flexibility index (Phi) is 13.8. The molecule has 1 aliphatic heterocycles. The van der Waals surface area contributed by atoms with Crippen LogP contribution in [0.4, 0.5) is 0 Å². The molecule has 2 fully saturated rings. The van der Waals surface area contributed by atoms with Gasteiger partial charge in [0.2, 0.25) is 5.91 Å². The van der Waals surface area contributed by atoms with E-state index in [0.29, 0.717) is 19.0 Å². The van der Waals surface area contributed by atoms with Crippen LogP contribution in [0, 0.1) is 5.41 Å². The minimum atomic E-state index is 0. The van der Waals surface area contributed by atoms with E-state index in [9.17, 15) is 4.79 Å². The first-order valence-electron chi connectivity index (χ1n) is 8.40. The summed E-state index contributed by atoms with van der Waals surface area (Å²) in [6.07, 6.45) is 6.57. The van der Waals surface area contributed by atoms with Crippen LogP contribution in [0.1, 0.15) is 38.5 Å². The third kappa shape index (κ3) is 7.63. The van der Waals surface area contributed by atoms with Crippen LogP contribution in [-0.4, -0.2) is 68.6 Å². The van der Waals surface area contributed by atoms with Crippen molar-refractivity contribution in [3.05, 3.63) is 0 Å². The molecule has 1 aliphatic carbocycles. The monoisotopic (exact) mass is 404 g/mol. The van der Waals surface area contributed by atoms with Crippen LogP contribution in [0.2, 0.25) is 0 Å². The van der Waals surface area contributed by atoms with Gasteiger partial charge in [-0.1, -0.05) is 19.3 Å². The molecule has 0 bridgehead atoms. The molecule has 3 N–H and O–H groups in total. The Morgan fingerprint density at radius 3 is 2.33 bits per heavy atom. The average Bonchev–Trinajstić information content (AvgIpc) is 2.49. The second-order valence-corrected chi connectivity index (χ2v) is 7.14. The van der Waals surface area contributed by atoms with Gasteiger partial charge in [0.1, 0.15) is 0 Å². The van der Waals surface area contributed by atoms with E-state index in [2.05, 4.69) is 29.2 Å². The number of nitrogens with zero attached hydrogens (tertiary/aromatic N) is 2. The molecular weight excluding hydrogens is 371 g/mol. The van der Waals surface area contributed by atoms with Crippen molar-refractivity contribution in [1.82, 2.24) is 15.1 Å². The standard InChI is InChI=1S/C16H32N4O.3ClH/c1-19-8-9-20(2)14(12-19)11-18-15(21)10-16(13-17)6-4-3-5-7-16;;;/h14H,3-13,17H2,1-2H3,(H,18,21);3*1H. The lowest BCUT2D eigenvalue weighted by atomic mass is 9.71. The second-order valence-electron chi connectivity index (χ2n) is 7.14. The molecule has 8 heteroatoms. The largest absolute Gasteiger partial charge is 0.354 e. The number of carbonyl (C=O) groups excluding carboxylic acids is 1. The van der Waals surface area contributed by atoms with Gasteiger partial charge in [-0.15, -0.1) is 37.2 Å². The van der Waals surface area contributed by atoms with E-state index in [1.165, 1.54) is 19.3 Å². The van der Waals surface area contributed by atoms with E-state index in [4.69, 9.17) is 5.73 Å². The van der Waals surface area contributed by atoms with Crippen LogP contribution in [0.25, 0.3) is 0 Å². The molecular formula is C16H35Cl3N4O. The Morgan fingerprint density at radius 2 is 1.75 bits per heavy atom. The molecule has 1 atom stereocenters. The quantitative estimate of drug-likeness (QED) is 0.733. The molecule has 1 amide bonds. The molecule has 2 aliphatic rings. The van der Waals surface area contributed by atoms with Crippen molar-refractivity contribution in [1.29, 1.82) is 0 Å². The average molecular weight is 406 g/mol. The Balaban J connectivity index is 0. The smallest absolute Gasteiger partial charge is 0.220 e. The summed E-state index contributed by atoms with van der Waals surface area (Å²) in [7, 11) is 4.29. The van der Waals surface area contributed by atoms with Crippen molar-refractivity contribution >= 4 is 43.1 Å². The maximum atomic E-state index is 12.3. The summed E-state index contributed by atoms with van der Waals surface area (Å²) >= 11 is 0. The van der Waals surface area contributed by atoms with Crippen molar-refractivity contribution in [2.24, 2.45) is 11.1 Å². The van der Waals surface area contributed by atoms with Gasteiger partial charge in [0.15, 0.2) is 0 Å². The third-order valence-electron chi connectivity index (χ3n) is 5.40. The van der Waals surface area contributed by atoms with Crippen LogP contribution in [0.3, 0.4) is 0 Å². The fourth-order valence-electron chi connectivity index (χ4n) is 3.71. The molecule has 0 aromatic heterocycles. The first-order chi connectivity index (χ1) is 10.0. The van der Waals surface area contributed by atoms with Gasteiger partial charge in [-0.25, -0.2) is 0 Å². The van der Waals surface area contributed by atoms with E-state index < -0.39 is 0 Å². The highest BCUT2D eigenvalue weighted by atomic mass is 35.5. The highest BCUT2D eigenvalue weighted by Gasteiger charge is 2.33. The Hall–Kier alpha value is 0.220. The van der Waals surface area contributed by atoms with Crippen molar-refractivity contribution in [2.75, 3.05) is 46.8 Å². The number of rotatable bonds is 5. The van der Waals surface area contributed by atoms with Crippen molar-refractivity contribution in [2.45, 2.75) is 44.6 Å². The summed E-state index contributed by atoms with van der Waals surface area (Å²) in [5.74, 6) is 0.184. The molecule has 1 heterocycles. The summed E-state index contributed by atoms with van der Waals surface area (Å²) in [6, 6.07) is 0.424. The van der Waals surface area contributed by atoms with Crippen LogP contribution in [0.5, 0.6) is 0 Å².